The second kappa shape index (κ2) is 4.83. The van der Waals surface area contributed by atoms with Gasteiger partial charge in [0.15, 0.2) is 0 Å². The molecule has 0 amide bonds. The molecule has 3 fully saturated rings. The van der Waals surface area contributed by atoms with E-state index in [9.17, 15) is 25.3 Å². The van der Waals surface area contributed by atoms with Gasteiger partial charge < -0.3 is 5.11 Å². The van der Waals surface area contributed by atoms with Crippen LogP contribution in [-0.4, -0.2) is 43.8 Å². The van der Waals surface area contributed by atoms with E-state index in [4.69, 9.17) is 9.68 Å². The molecule has 0 aromatic rings. The molecular weight excluding hydrogens is 286 g/mol. The summed E-state index contributed by atoms with van der Waals surface area (Å²) in [6.45, 7) is 0. The van der Waals surface area contributed by atoms with Gasteiger partial charge in [-0.05, 0) is 38.5 Å². The summed E-state index contributed by atoms with van der Waals surface area (Å²) in [5.74, 6) is -2.64. The van der Waals surface area contributed by atoms with Gasteiger partial charge >= 0.3 is 5.79 Å². The summed E-state index contributed by atoms with van der Waals surface area (Å²) in [6.07, 6.45) is 1.73. The molecule has 0 aromatic heterocycles. The number of aliphatic hydroxyl groups excluding tert-OH is 1. The van der Waals surface area contributed by atoms with Crippen LogP contribution in [0.15, 0.2) is 0 Å². The van der Waals surface area contributed by atoms with Gasteiger partial charge in [0.1, 0.15) is 28.0 Å². The summed E-state index contributed by atoms with van der Waals surface area (Å²) < 4.78 is 0. The molecule has 10 nitrogen and oxygen atoms in total. The van der Waals surface area contributed by atoms with Crippen LogP contribution in [0.3, 0.4) is 0 Å². The largest absolute Gasteiger partial charge is 0.569 e. The van der Waals surface area contributed by atoms with E-state index in [1.54, 1.807) is 0 Å². The van der Waals surface area contributed by atoms with Crippen molar-refractivity contribution in [1.82, 2.24) is 5.23 Å². The molecule has 1 saturated heterocycles. The Labute approximate surface area is 119 Å². The summed E-state index contributed by atoms with van der Waals surface area (Å²) in [4.78, 5) is 31.6. The molecular formula is C11H17N3O7. The molecule has 21 heavy (non-hydrogen) atoms. The van der Waals surface area contributed by atoms with Crippen molar-refractivity contribution < 1.29 is 24.6 Å². The van der Waals surface area contributed by atoms with E-state index >= 15 is 0 Å². The number of nitro groups is 2. The van der Waals surface area contributed by atoms with Gasteiger partial charge in [0.05, 0.1) is 11.3 Å². The molecule has 0 unspecified atom stereocenters. The first kappa shape index (κ1) is 14.6. The first-order valence-corrected chi connectivity index (χ1v) is 7.03. The highest BCUT2D eigenvalue weighted by Gasteiger charge is 2.76. The third-order valence-electron chi connectivity index (χ3n) is 4.63. The Balaban J connectivity index is 1.87. The molecule has 2 atom stereocenters. The summed E-state index contributed by atoms with van der Waals surface area (Å²) in [7, 11) is 0. The van der Waals surface area contributed by atoms with Gasteiger partial charge in [0.2, 0.25) is 0 Å². The molecule has 3 aliphatic rings. The first-order valence-electron chi connectivity index (χ1n) is 7.03. The molecule has 2 saturated carbocycles. The predicted molar refractivity (Wildman–Crippen MR) is 65.6 cm³/mol. The fourth-order valence-corrected chi connectivity index (χ4v) is 3.20. The molecule has 0 radical (unpaired) electrons. The van der Waals surface area contributed by atoms with Crippen LogP contribution in [0.25, 0.3) is 0 Å². The summed E-state index contributed by atoms with van der Waals surface area (Å²) in [5.41, 5.74) is -0.885. The number of hydroxylamine groups is 2. The van der Waals surface area contributed by atoms with E-state index < -0.39 is 33.4 Å². The lowest BCUT2D eigenvalue weighted by atomic mass is 9.77. The van der Waals surface area contributed by atoms with E-state index in [-0.39, 0.29) is 6.42 Å². The number of rotatable bonds is 4. The second-order valence-corrected chi connectivity index (χ2v) is 5.99. The molecule has 1 spiro atoms. The maximum absolute atomic E-state index is 11.4. The second-order valence-electron chi connectivity index (χ2n) is 5.99. The maximum atomic E-state index is 11.4. The van der Waals surface area contributed by atoms with Gasteiger partial charge in [-0.3, -0.25) is 29.9 Å². The van der Waals surface area contributed by atoms with Gasteiger partial charge in [-0.1, -0.05) is 0 Å². The molecule has 1 heterocycles. The Morgan fingerprint density at radius 3 is 2.29 bits per heavy atom. The lowest BCUT2D eigenvalue weighted by Crippen LogP contribution is -2.57. The van der Waals surface area contributed by atoms with Crippen molar-refractivity contribution >= 4 is 0 Å². The lowest BCUT2D eigenvalue weighted by Gasteiger charge is -2.34. The smallest absolute Gasteiger partial charge is 0.390 e. The van der Waals surface area contributed by atoms with Crippen molar-refractivity contribution in [1.29, 1.82) is 0 Å². The van der Waals surface area contributed by atoms with Crippen molar-refractivity contribution in [3.05, 3.63) is 20.2 Å². The molecule has 1 N–H and O–H groups in total. The maximum Gasteiger partial charge on any atom is 0.569 e. The van der Waals surface area contributed by atoms with Crippen molar-refractivity contribution in [2.45, 2.75) is 68.5 Å². The van der Waals surface area contributed by atoms with Crippen LogP contribution in [0.4, 0.5) is 0 Å². The van der Waals surface area contributed by atoms with Crippen LogP contribution in [-0.2, 0) is 9.68 Å². The number of hydrogen-bond acceptors (Lipinski definition) is 8. The number of hydrogen-bond donors (Lipinski definition) is 1. The van der Waals surface area contributed by atoms with Crippen LogP contribution < -0.4 is 0 Å². The van der Waals surface area contributed by atoms with E-state index in [0.29, 0.717) is 37.3 Å². The van der Waals surface area contributed by atoms with Crippen LogP contribution in [0.1, 0.15) is 44.9 Å². The van der Waals surface area contributed by atoms with E-state index in [0.717, 1.165) is 6.42 Å². The van der Waals surface area contributed by atoms with Crippen LogP contribution in [0.2, 0.25) is 0 Å². The van der Waals surface area contributed by atoms with Crippen molar-refractivity contribution in [3.63, 3.8) is 0 Å². The zero-order valence-corrected chi connectivity index (χ0v) is 11.3. The molecule has 0 bridgehead atoms. The Kier molecular flexibility index (Phi) is 3.35. The molecule has 3 rings (SSSR count). The van der Waals surface area contributed by atoms with Crippen molar-refractivity contribution in [2.24, 2.45) is 0 Å². The molecule has 2 aliphatic carbocycles. The summed E-state index contributed by atoms with van der Waals surface area (Å²) in [6, 6.07) is 0. The monoisotopic (exact) mass is 303 g/mol. The fraction of sp³-hybridized carbons (Fsp3) is 1.00. The average molecular weight is 303 g/mol. The summed E-state index contributed by atoms with van der Waals surface area (Å²) in [5, 5.41) is 32.9. The normalized spacial score (nSPS) is 34.0. The topological polar surface area (TPSA) is 128 Å². The summed E-state index contributed by atoms with van der Waals surface area (Å²) >= 11 is 0. The van der Waals surface area contributed by atoms with Crippen LogP contribution >= 0.6 is 0 Å². The SMILES string of the molecule is O=[N+]([O-])C1([N+](=O)[O-])CC2(CCC2)ON1O[C@H]1CCC[C@@H]1O. The van der Waals surface area contributed by atoms with Crippen LogP contribution in [0.5, 0.6) is 0 Å². The Hall–Kier alpha value is -1.36. The Morgan fingerprint density at radius 1 is 1.19 bits per heavy atom. The zero-order valence-electron chi connectivity index (χ0n) is 11.3. The van der Waals surface area contributed by atoms with Gasteiger partial charge in [0.25, 0.3) is 0 Å². The highest BCUT2D eigenvalue weighted by atomic mass is 17.0. The van der Waals surface area contributed by atoms with Crippen LogP contribution in [0, 0.1) is 20.2 Å². The third-order valence-corrected chi connectivity index (χ3v) is 4.63. The predicted octanol–water partition coefficient (Wildman–Crippen LogP) is 0.599. The standard InChI is InChI=1S/C11H17N3O7/c15-8-3-1-4-9(8)20-14-11(12(16)17,13(18)19)7-10(21-14)5-2-6-10/h8-9,15H,1-7H2/t8-,9-/m0/s1. The molecule has 118 valence electrons. The minimum absolute atomic E-state index is 0.344. The Bertz CT molecular complexity index is 453. The van der Waals surface area contributed by atoms with Gasteiger partial charge in [-0.15, -0.1) is 0 Å². The Morgan fingerprint density at radius 2 is 1.86 bits per heavy atom. The highest BCUT2D eigenvalue weighted by Crippen LogP contribution is 2.51. The average Bonchev–Trinajstić information content (AvgIpc) is 2.92. The van der Waals surface area contributed by atoms with E-state index in [2.05, 4.69) is 0 Å². The third kappa shape index (κ3) is 2.09. The minimum atomic E-state index is -2.64. The van der Waals surface area contributed by atoms with Crippen molar-refractivity contribution in [2.75, 3.05) is 0 Å². The zero-order chi connectivity index (χ0) is 15.3. The number of aliphatic hydroxyl groups is 1. The van der Waals surface area contributed by atoms with Gasteiger partial charge in [0, 0.05) is 0 Å². The highest BCUT2D eigenvalue weighted by molar-refractivity contribution is 4.96. The molecule has 10 heteroatoms. The van der Waals surface area contributed by atoms with E-state index in [1.165, 1.54) is 0 Å². The van der Waals surface area contributed by atoms with Gasteiger partial charge in [-0.2, -0.15) is 0 Å². The van der Waals surface area contributed by atoms with Crippen molar-refractivity contribution in [3.8, 4) is 0 Å². The van der Waals surface area contributed by atoms with Gasteiger partial charge in [-0.25, -0.2) is 0 Å². The first-order chi connectivity index (χ1) is 9.90. The lowest BCUT2D eigenvalue weighted by molar-refractivity contribution is -0.852. The fourth-order valence-electron chi connectivity index (χ4n) is 3.20. The minimum Gasteiger partial charge on any atom is -0.390 e. The number of nitrogens with zero attached hydrogens (tertiary/aromatic N) is 3. The molecule has 1 aliphatic heterocycles. The molecule has 0 aromatic carbocycles. The van der Waals surface area contributed by atoms with E-state index in [1.807, 2.05) is 0 Å². The quantitative estimate of drug-likeness (QED) is 0.454.